The predicted octanol–water partition coefficient (Wildman–Crippen LogP) is 1.45. The van der Waals surface area contributed by atoms with Crippen molar-refractivity contribution >= 4 is 0 Å². The highest BCUT2D eigenvalue weighted by Gasteiger charge is 1.94. The fraction of sp³-hybridized carbons (Fsp3) is 1.00. The molecule has 0 aromatic rings. The molecule has 0 bridgehead atoms. The monoisotopic (exact) mass is 365 g/mol. The normalized spacial score (nSPS) is 11.5. The van der Waals surface area contributed by atoms with Crippen molar-refractivity contribution < 1.29 is 28.4 Å². The van der Waals surface area contributed by atoms with Crippen LogP contribution in [0.2, 0.25) is 0 Å². The Labute approximate surface area is 153 Å². The van der Waals surface area contributed by atoms with Crippen molar-refractivity contribution in [2.24, 2.45) is 0 Å². The van der Waals surface area contributed by atoms with Crippen molar-refractivity contribution in [1.29, 1.82) is 0 Å². The summed E-state index contributed by atoms with van der Waals surface area (Å²) in [7, 11) is 4.05. The summed E-state index contributed by atoms with van der Waals surface area (Å²) in [5.41, 5.74) is 0. The Morgan fingerprint density at radius 2 is 0.800 bits per heavy atom. The summed E-state index contributed by atoms with van der Waals surface area (Å²) in [6, 6.07) is 0. The third-order valence-electron chi connectivity index (χ3n) is 3.19. The van der Waals surface area contributed by atoms with Crippen LogP contribution >= 0.6 is 0 Å². The molecule has 0 saturated carbocycles. The van der Waals surface area contributed by atoms with Gasteiger partial charge < -0.3 is 33.3 Å². The zero-order valence-corrected chi connectivity index (χ0v) is 16.5. The van der Waals surface area contributed by atoms with Gasteiger partial charge in [-0.1, -0.05) is 13.3 Å². The summed E-state index contributed by atoms with van der Waals surface area (Å²) in [6.07, 6.45) is 2.27. The van der Waals surface area contributed by atoms with Crippen molar-refractivity contribution in [3.63, 3.8) is 0 Å². The SMILES string of the molecule is CCCCOCCOCCOCCOCCOCCOCCN(C)C. The minimum atomic E-state index is 0.572. The highest BCUT2D eigenvalue weighted by molar-refractivity contribution is 4.40. The lowest BCUT2D eigenvalue weighted by atomic mass is 10.4. The molecule has 0 fully saturated rings. The van der Waals surface area contributed by atoms with E-state index in [1.807, 2.05) is 14.1 Å². The molecule has 0 aromatic heterocycles. The maximum Gasteiger partial charge on any atom is 0.0701 e. The van der Waals surface area contributed by atoms with E-state index in [9.17, 15) is 0 Å². The molecule has 0 N–H and O–H groups in total. The van der Waals surface area contributed by atoms with Gasteiger partial charge in [-0.25, -0.2) is 0 Å². The highest BCUT2D eigenvalue weighted by atomic mass is 16.6. The first-order chi connectivity index (χ1) is 12.3. The lowest BCUT2D eigenvalue weighted by Gasteiger charge is -2.10. The molecule has 7 nitrogen and oxygen atoms in total. The minimum Gasteiger partial charge on any atom is -0.379 e. The van der Waals surface area contributed by atoms with E-state index in [2.05, 4.69) is 11.8 Å². The number of likely N-dealkylation sites (N-methyl/N-ethyl adjacent to an activating group) is 1. The molecule has 0 saturated heterocycles. The van der Waals surface area contributed by atoms with Crippen LogP contribution in [-0.2, 0) is 28.4 Å². The van der Waals surface area contributed by atoms with Crippen molar-refractivity contribution in [3.8, 4) is 0 Å². The van der Waals surface area contributed by atoms with Gasteiger partial charge in [0.25, 0.3) is 0 Å². The largest absolute Gasteiger partial charge is 0.379 e. The molecule has 0 rings (SSSR count). The summed E-state index contributed by atoms with van der Waals surface area (Å²) in [5, 5.41) is 0. The summed E-state index contributed by atoms with van der Waals surface area (Å²) in [5.74, 6) is 0. The lowest BCUT2D eigenvalue weighted by molar-refractivity contribution is -0.0172. The van der Waals surface area contributed by atoms with Gasteiger partial charge in [-0.2, -0.15) is 0 Å². The Balaban J connectivity index is 2.96. The lowest BCUT2D eigenvalue weighted by Crippen LogP contribution is -2.19. The van der Waals surface area contributed by atoms with E-state index in [1.165, 1.54) is 0 Å². The predicted molar refractivity (Wildman–Crippen MR) is 98.4 cm³/mol. The van der Waals surface area contributed by atoms with Crippen LogP contribution in [0, 0.1) is 0 Å². The van der Waals surface area contributed by atoms with Crippen LogP contribution < -0.4 is 0 Å². The molecule has 0 atom stereocenters. The minimum absolute atomic E-state index is 0.572. The molecular formula is C18H39NO6. The number of unbranched alkanes of at least 4 members (excludes halogenated alkanes) is 1. The van der Waals surface area contributed by atoms with Crippen molar-refractivity contribution in [1.82, 2.24) is 4.90 Å². The van der Waals surface area contributed by atoms with E-state index >= 15 is 0 Å². The molecule has 25 heavy (non-hydrogen) atoms. The van der Waals surface area contributed by atoms with Gasteiger partial charge in [-0.15, -0.1) is 0 Å². The Kier molecular flexibility index (Phi) is 21.5. The number of rotatable bonds is 21. The van der Waals surface area contributed by atoms with Crippen molar-refractivity contribution in [2.75, 3.05) is 99.9 Å². The average molecular weight is 366 g/mol. The molecule has 7 heteroatoms. The molecule has 0 aliphatic carbocycles. The maximum atomic E-state index is 5.42. The van der Waals surface area contributed by atoms with E-state index in [1.54, 1.807) is 0 Å². The summed E-state index contributed by atoms with van der Waals surface area (Å²) in [4.78, 5) is 2.09. The number of ether oxygens (including phenoxy) is 6. The Bertz CT molecular complexity index is 244. The Morgan fingerprint density at radius 1 is 0.480 bits per heavy atom. The van der Waals surface area contributed by atoms with Crippen LogP contribution in [0.15, 0.2) is 0 Å². The van der Waals surface area contributed by atoms with Gasteiger partial charge in [0.1, 0.15) is 0 Å². The summed E-state index contributed by atoms with van der Waals surface area (Å²) in [6.45, 7) is 10.6. The topological polar surface area (TPSA) is 58.6 Å². The second-order valence-corrected chi connectivity index (χ2v) is 5.83. The van der Waals surface area contributed by atoms with Gasteiger partial charge in [0, 0.05) is 13.2 Å². The van der Waals surface area contributed by atoms with E-state index in [4.69, 9.17) is 28.4 Å². The molecule has 0 spiro atoms. The van der Waals surface area contributed by atoms with E-state index in [-0.39, 0.29) is 0 Å². The molecule has 0 aliphatic rings. The second kappa shape index (κ2) is 21.8. The van der Waals surface area contributed by atoms with Gasteiger partial charge >= 0.3 is 0 Å². The molecule has 0 aromatic carbocycles. The zero-order chi connectivity index (χ0) is 18.4. The molecule has 0 aliphatic heterocycles. The average Bonchev–Trinajstić information content (AvgIpc) is 2.60. The van der Waals surface area contributed by atoms with Gasteiger partial charge in [-0.3, -0.25) is 0 Å². The smallest absolute Gasteiger partial charge is 0.0701 e. The van der Waals surface area contributed by atoms with E-state index in [0.717, 1.165) is 32.6 Å². The van der Waals surface area contributed by atoms with Crippen LogP contribution in [0.5, 0.6) is 0 Å². The molecular weight excluding hydrogens is 326 g/mol. The molecule has 0 heterocycles. The maximum absolute atomic E-state index is 5.42. The van der Waals surface area contributed by atoms with Crippen molar-refractivity contribution in [2.45, 2.75) is 19.8 Å². The van der Waals surface area contributed by atoms with E-state index < -0.39 is 0 Å². The van der Waals surface area contributed by atoms with Gasteiger partial charge in [0.05, 0.1) is 72.7 Å². The summed E-state index contributed by atoms with van der Waals surface area (Å²) < 4.78 is 32.5. The molecule has 0 unspecified atom stereocenters. The second-order valence-electron chi connectivity index (χ2n) is 5.83. The highest BCUT2D eigenvalue weighted by Crippen LogP contribution is 1.88. The number of hydrogen-bond donors (Lipinski definition) is 0. The third-order valence-corrected chi connectivity index (χ3v) is 3.19. The van der Waals surface area contributed by atoms with Crippen molar-refractivity contribution in [3.05, 3.63) is 0 Å². The van der Waals surface area contributed by atoms with Gasteiger partial charge in [-0.05, 0) is 20.5 Å². The van der Waals surface area contributed by atoms with Crippen LogP contribution in [-0.4, -0.2) is 105 Å². The van der Waals surface area contributed by atoms with Gasteiger partial charge in [0.2, 0.25) is 0 Å². The third kappa shape index (κ3) is 23.7. The first kappa shape index (κ1) is 24.7. The fourth-order valence-electron chi connectivity index (χ4n) is 1.70. The Hall–Kier alpha value is -0.280. The zero-order valence-electron chi connectivity index (χ0n) is 16.5. The fourth-order valence-corrected chi connectivity index (χ4v) is 1.70. The first-order valence-corrected chi connectivity index (χ1v) is 9.38. The number of nitrogens with zero attached hydrogens (tertiary/aromatic N) is 1. The summed E-state index contributed by atoms with van der Waals surface area (Å²) >= 11 is 0. The van der Waals surface area contributed by atoms with E-state index in [0.29, 0.717) is 66.1 Å². The quantitative estimate of drug-likeness (QED) is 0.285. The number of hydrogen-bond acceptors (Lipinski definition) is 7. The first-order valence-electron chi connectivity index (χ1n) is 9.38. The molecule has 152 valence electrons. The van der Waals surface area contributed by atoms with Gasteiger partial charge in [0.15, 0.2) is 0 Å². The van der Waals surface area contributed by atoms with Crippen LogP contribution in [0.3, 0.4) is 0 Å². The van der Waals surface area contributed by atoms with Crippen LogP contribution in [0.4, 0.5) is 0 Å². The van der Waals surface area contributed by atoms with Crippen LogP contribution in [0.1, 0.15) is 19.8 Å². The molecule has 0 radical (unpaired) electrons. The van der Waals surface area contributed by atoms with Crippen LogP contribution in [0.25, 0.3) is 0 Å². The standard InChI is InChI=1S/C18H39NO6/c1-4-5-7-20-9-11-22-13-15-24-17-18-25-16-14-23-12-10-21-8-6-19(2)3/h4-18H2,1-3H3. The molecule has 0 amide bonds. The Morgan fingerprint density at radius 3 is 1.12 bits per heavy atom.